The monoisotopic (exact) mass is 228 g/mol. The number of carboxylic acids is 1. The van der Waals surface area contributed by atoms with Gasteiger partial charge in [-0.1, -0.05) is 6.92 Å². The Bertz CT molecular complexity index is 260. The van der Waals surface area contributed by atoms with Gasteiger partial charge in [0.1, 0.15) is 0 Å². The van der Waals surface area contributed by atoms with Gasteiger partial charge in [-0.15, -0.1) is 0 Å². The van der Waals surface area contributed by atoms with E-state index in [0.717, 1.165) is 25.9 Å². The van der Waals surface area contributed by atoms with E-state index in [9.17, 15) is 9.59 Å². The number of nitrogens with one attached hydrogen (secondary N) is 1. The Morgan fingerprint density at radius 3 is 2.44 bits per heavy atom. The largest absolute Gasteiger partial charge is 0.481 e. The van der Waals surface area contributed by atoms with Crippen LogP contribution in [0.5, 0.6) is 0 Å². The molecule has 1 atom stereocenters. The van der Waals surface area contributed by atoms with Gasteiger partial charge in [-0.05, 0) is 25.9 Å². The molecule has 5 heteroatoms. The fourth-order valence-corrected chi connectivity index (χ4v) is 2.05. The van der Waals surface area contributed by atoms with Crippen molar-refractivity contribution in [3.05, 3.63) is 0 Å². The predicted octanol–water partition coefficient (Wildman–Crippen LogP) is 0.165. The summed E-state index contributed by atoms with van der Waals surface area (Å²) in [5.74, 6) is -0.891. The SMILES string of the molecule is CNC(=O)C1CCN(CC(C)C(=O)O)CC1. The molecule has 0 aliphatic carbocycles. The van der Waals surface area contributed by atoms with Crippen molar-refractivity contribution in [2.75, 3.05) is 26.7 Å². The third kappa shape index (κ3) is 3.48. The molecule has 16 heavy (non-hydrogen) atoms. The van der Waals surface area contributed by atoms with Gasteiger partial charge in [0.05, 0.1) is 5.92 Å². The lowest BCUT2D eigenvalue weighted by Gasteiger charge is -2.31. The lowest BCUT2D eigenvalue weighted by atomic mass is 9.95. The number of hydrogen-bond acceptors (Lipinski definition) is 3. The quantitative estimate of drug-likeness (QED) is 0.719. The highest BCUT2D eigenvalue weighted by Crippen LogP contribution is 2.18. The molecule has 1 saturated heterocycles. The summed E-state index contributed by atoms with van der Waals surface area (Å²) in [4.78, 5) is 24.2. The molecule has 2 N–H and O–H groups in total. The number of hydrogen-bond donors (Lipinski definition) is 2. The van der Waals surface area contributed by atoms with Crippen molar-refractivity contribution < 1.29 is 14.7 Å². The summed E-state index contributed by atoms with van der Waals surface area (Å²) in [6.07, 6.45) is 1.65. The maximum absolute atomic E-state index is 11.4. The van der Waals surface area contributed by atoms with Gasteiger partial charge in [-0.25, -0.2) is 0 Å². The summed E-state index contributed by atoms with van der Waals surface area (Å²) in [7, 11) is 1.65. The summed E-state index contributed by atoms with van der Waals surface area (Å²) in [5, 5.41) is 11.5. The first-order valence-electron chi connectivity index (χ1n) is 5.71. The molecule has 0 spiro atoms. The molecule has 0 radical (unpaired) electrons. The minimum atomic E-state index is -0.756. The molecule has 0 saturated carbocycles. The van der Waals surface area contributed by atoms with Crippen LogP contribution in [0.2, 0.25) is 0 Å². The van der Waals surface area contributed by atoms with E-state index in [4.69, 9.17) is 5.11 Å². The number of carboxylic acid groups (broad SMARTS) is 1. The van der Waals surface area contributed by atoms with Crippen LogP contribution in [-0.4, -0.2) is 48.6 Å². The number of amides is 1. The van der Waals surface area contributed by atoms with Crippen LogP contribution in [-0.2, 0) is 9.59 Å². The van der Waals surface area contributed by atoms with Crippen LogP contribution in [0.25, 0.3) is 0 Å². The highest BCUT2D eigenvalue weighted by molar-refractivity contribution is 5.78. The van der Waals surface area contributed by atoms with Crippen LogP contribution < -0.4 is 5.32 Å². The van der Waals surface area contributed by atoms with Gasteiger partial charge in [-0.2, -0.15) is 0 Å². The number of aliphatic carboxylic acids is 1. The Morgan fingerprint density at radius 2 is 2.00 bits per heavy atom. The van der Waals surface area contributed by atoms with Crippen LogP contribution in [0.1, 0.15) is 19.8 Å². The fraction of sp³-hybridized carbons (Fsp3) is 0.818. The fourth-order valence-electron chi connectivity index (χ4n) is 2.05. The average Bonchev–Trinajstić information content (AvgIpc) is 2.28. The van der Waals surface area contributed by atoms with E-state index < -0.39 is 5.97 Å². The van der Waals surface area contributed by atoms with Crippen LogP contribution in [0.15, 0.2) is 0 Å². The number of rotatable bonds is 4. The van der Waals surface area contributed by atoms with E-state index in [1.165, 1.54) is 0 Å². The first-order chi connectivity index (χ1) is 7.54. The standard InChI is InChI=1S/C11H20N2O3/c1-8(11(15)16)7-13-5-3-9(4-6-13)10(14)12-2/h8-9H,3-7H2,1-2H3,(H,12,14)(H,15,16). The molecule has 1 unspecified atom stereocenters. The summed E-state index contributed by atoms with van der Waals surface area (Å²) < 4.78 is 0. The Balaban J connectivity index is 2.32. The third-order valence-corrected chi connectivity index (χ3v) is 3.16. The zero-order chi connectivity index (χ0) is 12.1. The van der Waals surface area contributed by atoms with Gasteiger partial charge in [0.2, 0.25) is 5.91 Å². The summed E-state index contributed by atoms with van der Waals surface area (Å²) >= 11 is 0. The summed E-state index contributed by atoms with van der Waals surface area (Å²) in [6, 6.07) is 0. The van der Waals surface area contributed by atoms with Gasteiger partial charge >= 0.3 is 5.97 Å². The van der Waals surface area contributed by atoms with Gasteiger partial charge in [0.15, 0.2) is 0 Å². The molecule has 1 aliphatic rings. The molecule has 0 aromatic carbocycles. The van der Waals surface area contributed by atoms with Gasteiger partial charge < -0.3 is 15.3 Å². The molecule has 1 heterocycles. The molecule has 92 valence electrons. The lowest BCUT2D eigenvalue weighted by Crippen LogP contribution is -2.42. The second-order valence-electron chi connectivity index (χ2n) is 4.43. The maximum atomic E-state index is 11.4. The zero-order valence-electron chi connectivity index (χ0n) is 9.90. The lowest BCUT2D eigenvalue weighted by molar-refractivity contribution is -0.142. The topological polar surface area (TPSA) is 69.6 Å². The minimum Gasteiger partial charge on any atom is -0.481 e. The van der Waals surface area contributed by atoms with Gasteiger partial charge in [0, 0.05) is 19.5 Å². The first-order valence-corrected chi connectivity index (χ1v) is 5.71. The van der Waals surface area contributed by atoms with E-state index in [1.54, 1.807) is 14.0 Å². The van der Waals surface area contributed by atoms with E-state index in [1.807, 2.05) is 0 Å². The third-order valence-electron chi connectivity index (χ3n) is 3.16. The average molecular weight is 228 g/mol. The van der Waals surface area contributed by atoms with E-state index in [-0.39, 0.29) is 17.7 Å². The Labute approximate surface area is 95.8 Å². The van der Waals surface area contributed by atoms with Crippen molar-refractivity contribution in [3.63, 3.8) is 0 Å². The molecule has 1 aliphatic heterocycles. The highest BCUT2D eigenvalue weighted by atomic mass is 16.4. The molecule has 0 bridgehead atoms. The number of likely N-dealkylation sites (tertiary alicyclic amines) is 1. The van der Waals surface area contributed by atoms with Crippen molar-refractivity contribution in [3.8, 4) is 0 Å². The second kappa shape index (κ2) is 5.84. The van der Waals surface area contributed by atoms with Crippen molar-refractivity contribution in [2.24, 2.45) is 11.8 Å². The van der Waals surface area contributed by atoms with Crippen LogP contribution in [0.3, 0.4) is 0 Å². The highest BCUT2D eigenvalue weighted by Gasteiger charge is 2.25. The van der Waals surface area contributed by atoms with Crippen LogP contribution in [0.4, 0.5) is 0 Å². The predicted molar refractivity (Wildman–Crippen MR) is 60.0 cm³/mol. The number of carbonyl (C=O) groups is 2. The zero-order valence-corrected chi connectivity index (χ0v) is 9.90. The number of carbonyl (C=O) groups excluding carboxylic acids is 1. The van der Waals surface area contributed by atoms with Gasteiger partial charge in [0.25, 0.3) is 0 Å². The molecule has 1 amide bonds. The van der Waals surface area contributed by atoms with E-state index in [0.29, 0.717) is 6.54 Å². The molecule has 1 rings (SSSR count). The molecule has 1 fully saturated rings. The number of nitrogens with zero attached hydrogens (tertiary/aromatic N) is 1. The molecule has 0 aromatic heterocycles. The van der Waals surface area contributed by atoms with Crippen LogP contribution in [0, 0.1) is 11.8 Å². The normalized spacial score (nSPS) is 20.4. The Morgan fingerprint density at radius 1 is 1.44 bits per heavy atom. The van der Waals surface area contributed by atoms with E-state index >= 15 is 0 Å². The first kappa shape index (κ1) is 13.0. The Kier molecular flexibility index (Phi) is 4.73. The maximum Gasteiger partial charge on any atom is 0.307 e. The number of piperidine rings is 1. The molecular formula is C11H20N2O3. The minimum absolute atomic E-state index is 0.0985. The van der Waals surface area contributed by atoms with Crippen molar-refractivity contribution in [1.29, 1.82) is 0 Å². The van der Waals surface area contributed by atoms with Crippen molar-refractivity contribution >= 4 is 11.9 Å². The second-order valence-corrected chi connectivity index (χ2v) is 4.43. The smallest absolute Gasteiger partial charge is 0.307 e. The summed E-state index contributed by atoms with van der Waals surface area (Å²) in [5.41, 5.74) is 0. The van der Waals surface area contributed by atoms with Crippen LogP contribution >= 0.6 is 0 Å². The van der Waals surface area contributed by atoms with E-state index in [2.05, 4.69) is 10.2 Å². The summed E-state index contributed by atoms with van der Waals surface area (Å²) in [6.45, 7) is 3.92. The van der Waals surface area contributed by atoms with Gasteiger partial charge in [-0.3, -0.25) is 9.59 Å². The molecule has 0 aromatic rings. The van der Waals surface area contributed by atoms with Crippen molar-refractivity contribution in [2.45, 2.75) is 19.8 Å². The Hall–Kier alpha value is -1.10. The van der Waals surface area contributed by atoms with Crippen molar-refractivity contribution in [1.82, 2.24) is 10.2 Å². The molecular weight excluding hydrogens is 208 g/mol. The molecule has 5 nitrogen and oxygen atoms in total.